The summed E-state index contributed by atoms with van der Waals surface area (Å²) in [6.45, 7) is 0. The van der Waals surface area contributed by atoms with Crippen molar-refractivity contribution in [1.29, 1.82) is 0 Å². The van der Waals surface area contributed by atoms with Gasteiger partial charge < -0.3 is 0 Å². The van der Waals surface area contributed by atoms with Crippen LogP contribution in [0, 0.1) is 10.1 Å². The van der Waals surface area contributed by atoms with Gasteiger partial charge in [-0.25, -0.2) is 4.98 Å². The molecule has 3 aromatic rings. The van der Waals surface area contributed by atoms with Gasteiger partial charge >= 0.3 is 0 Å². The van der Waals surface area contributed by atoms with E-state index in [1.54, 1.807) is 18.2 Å². The van der Waals surface area contributed by atoms with Gasteiger partial charge in [0.05, 0.1) is 10.6 Å². The number of benzene rings is 2. The average molecular weight is 375 g/mol. The number of hydrogen-bond donors (Lipinski definition) is 2. The first-order valence-corrected chi connectivity index (χ1v) is 8.31. The number of nitrogens with one attached hydrogen (secondary N) is 2. The second-order valence-corrected chi connectivity index (χ2v) is 6.19. The molecule has 126 valence electrons. The molecule has 7 nitrogen and oxygen atoms in total. The number of aromatic nitrogens is 1. The van der Waals surface area contributed by atoms with E-state index in [-0.39, 0.29) is 11.3 Å². The summed E-state index contributed by atoms with van der Waals surface area (Å²) in [7, 11) is 0. The summed E-state index contributed by atoms with van der Waals surface area (Å²) in [5.74, 6) is -0.615. The predicted molar refractivity (Wildman–Crippen MR) is 96.7 cm³/mol. The highest BCUT2D eigenvalue weighted by Crippen LogP contribution is 2.25. The molecule has 2 N–H and O–H groups in total. The lowest BCUT2D eigenvalue weighted by atomic mass is 10.2. The topological polar surface area (TPSA) is 97.2 Å². The molecule has 1 amide bonds. The van der Waals surface area contributed by atoms with Crippen LogP contribution in [0.5, 0.6) is 0 Å². The van der Waals surface area contributed by atoms with Crippen LogP contribution in [0.4, 0.5) is 10.8 Å². The fraction of sp³-hybridized carbons (Fsp3) is 0. The molecule has 0 aliphatic rings. The number of hydrogen-bond acceptors (Lipinski definition) is 6. The van der Waals surface area contributed by atoms with Crippen LogP contribution in [0.3, 0.4) is 0 Å². The lowest BCUT2D eigenvalue weighted by Gasteiger charge is -2.06. The number of nitro groups is 1. The zero-order valence-electron chi connectivity index (χ0n) is 12.6. The third-order valence-electron chi connectivity index (χ3n) is 3.27. The normalized spacial score (nSPS) is 10.3. The fourth-order valence-corrected chi connectivity index (χ4v) is 2.89. The van der Waals surface area contributed by atoms with Crippen molar-refractivity contribution in [2.75, 3.05) is 5.43 Å². The molecular formula is C16H11ClN4O3S. The molecule has 0 atom stereocenters. The summed E-state index contributed by atoms with van der Waals surface area (Å²) in [6.07, 6.45) is 0. The third kappa shape index (κ3) is 3.93. The SMILES string of the molecule is O=C(NNc1nc(-c2ccc(Cl)cc2)cs1)c1ccccc1[N+](=O)[O-]. The highest BCUT2D eigenvalue weighted by molar-refractivity contribution is 7.14. The Balaban J connectivity index is 1.69. The lowest BCUT2D eigenvalue weighted by Crippen LogP contribution is -2.29. The zero-order chi connectivity index (χ0) is 17.8. The second kappa shape index (κ2) is 7.29. The Kier molecular flexibility index (Phi) is 4.92. The number of carbonyl (C=O) groups excluding carboxylic acids is 1. The number of nitrogens with zero attached hydrogens (tertiary/aromatic N) is 2. The predicted octanol–water partition coefficient (Wildman–Crippen LogP) is 4.13. The van der Waals surface area contributed by atoms with Gasteiger partial charge in [0.15, 0.2) is 0 Å². The van der Waals surface area contributed by atoms with Gasteiger partial charge in [0.1, 0.15) is 5.56 Å². The number of para-hydroxylation sites is 1. The van der Waals surface area contributed by atoms with E-state index in [4.69, 9.17) is 11.6 Å². The Morgan fingerprint density at radius 2 is 1.88 bits per heavy atom. The number of halogens is 1. The Labute approximate surface area is 151 Å². The van der Waals surface area contributed by atoms with Crippen molar-refractivity contribution in [3.8, 4) is 11.3 Å². The fourth-order valence-electron chi connectivity index (χ4n) is 2.09. The maximum Gasteiger partial charge on any atom is 0.282 e. The molecular weight excluding hydrogens is 364 g/mol. The largest absolute Gasteiger partial charge is 0.282 e. The molecule has 3 rings (SSSR count). The Morgan fingerprint density at radius 3 is 2.60 bits per heavy atom. The first kappa shape index (κ1) is 16.9. The Hall–Kier alpha value is -2.97. The summed E-state index contributed by atoms with van der Waals surface area (Å²) in [4.78, 5) is 26.9. The molecule has 0 bridgehead atoms. The molecule has 2 aromatic carbocycles. The first-order valence-electron chi connectivity index (χ1n) is 7.06. The van der Waals surface area contributed by atoms with Gasteiger partial charge in [-0.1, -0.05) is 35.9 Å². The molecule has 0 unspecified atom stereocenters. The summed E-state index contributed by atoms with van der Waals surface area (Å²) < 4.78 is 0. The van der Waals surface area contributed by atoms with Crippen molar-refractivity contribution in [3.05, 3.63) is 74.6 Å². The van der Waals surface area contributed by atoms with Crippen LogP contribution < -0.4 is 10.9 Å². The van der Waals surface area contributed by atoms with E-state index in [0.717, 1.165) is 11.3 Å². The van der Waals surface area contributed by atoms with Gasteiger partial charge in [0.2, 0.25) is 5.13 Å². The molecule has 1 aromatic heterocycles. The molecule has 0 spiro atoms. The molecule has 0 aliphatic heterocycles. The second-order valence-electron chi connectivity index (χ2n) is 4.90. The van der Waals surface area contributed by atoms with Gasteiger partial charge in [-0.05, 0) is 18.2 Å². The molecule has 1 heterocycles. The number of anilines is 1. The monoisotopic (exact) mass is 374 g/mol. The van der Waals surface area contributed by atoms with E-state index < -0.39 is 10.8 Å². The van der Waals surface area contributed by atoms with E-state index in [9.17, 15) is 14.9 Å². The average Bonchev–Trinajstić information content (AvgIpc) is 3.09. The smallest absolute Gasteiger partial charge is 0.273 e. The quantitative estimate of drug-likeness (QED) is 0.517. The van der Waals surface area contributed by atoms with Crippen molar-refractivity contribution < 1.29 is 9.72 Å². The summed E-state index contributed by atoms with van der Waals surface area (Å²) >= 11 is 7.15. The number of carbonyl (C=O) groups is 1. The van der Waals surface area contributed by atoms with Crippen LogP contribution in [0.15, 0.2) is 53.9 Å². The van der Waals surface area contributed by atoms with E-state index in [0.29, 0.717) is 10.2 Å². The standard InChI is InChI=1S/C16H11ClN4O3S/c17-11-7-5-10(6-8-11)13-9-25-16(18-13)20-19-15(22)12-3-1-2-4-14(12)21(23)24/h1-9H,(H,18,20)(H,19,22). The lowest BCUT2D eigenvalue weighted by molar-refractivity contribution is -0.385. The maximum atomic E-state index is 12.1. The molecule has 25 heavy (non-hydrogen) atoms. The van der Waals surface area contributed by atoms with E-state index in [1.807, 2.05) is 17.5 Å². The summed E-state index contributed by atoms with van der Waals surface area (Å²) in [5, 5.41) is 13.9. The van der Waals surface area contributed by atoms with Crippen LogP contribution in [-0.2, 0) is 0 Å². The van der Waals surface area contributed by atoms with E-state index >= 15 is 0 Å². The zero-order valence-corrected chi connectivity index (χ0v) is 14.2. The Morgan fingerprint density at radius 1 is 1.16 bits per heavy atom. The van der Waals surface area contributed by atoms with E-state index in [1.165, 1.54) is 29.5 Å². The molecule has 0 radical (unpaired) electrons. The van der Waals surface area contributed by atoms with E-state index in [2.05, 4.69) is 15.8 Å². The van der Waals surface area contributed by atoms with Crippen LogP contribution in [-0.4, -0.2) is 15.8 Å². The number of hydrazine groups is 1. The van der Waals surface area contributed by atoms with Gasteiger partial charge in [0.25, 0.3) is 11.6 Å². The van der Waals surface area contributed by atoms with Gasteiger partial charge in [-0.15, -0.1) is 11.3 Å². The third-order valence-corrected chi connectivity index (χ3v) is 4.28. The first-order chi connectivity index (χ1) is 12.0. The highest BCUT2D eigenvalue weighted by Gasteiger charge is 2.19. The van der Waals surface area contributed by atoms with Crippen molar-refractivity contribution in [2.24, 2.45) is 0 Å². The van der Waals surface area contributed by atoms with Crippen molar-refractivity contribution in [3.63, 3.8) is 0 Å². The number of thiazole rings is 1. The van der Waals surface area contributed by atoms with Gasteiger partial charge in [0, 0.05) is 22.0 Å². The minimum atomic E-state index is -0.615. The molecule has 0 aliphatic carbocycles. The van der Waals surface area contributed by atoms with Crippen molar-refractivity contribution in [1.82, 2.24) is 10.4 Å². The van der Waals surface area contributed by atoms with Crippen LogP contribution in [0.1, 0.15) is 10.4 Å². The minimum absolute atomic E-state index is 0.0329. The van der Waals surface area contributed by atoms with Crippen molar-refractivity contribution in [2.45, 2.75) is 0 Å². The van der Waals surface area contributed by atoms with Crippen molar-refractivity contribution >= 4 is 39.7 Å². The number of rotatable bonds is 5. The summed E-state index contributed by atoms with van der Waals surface area (Å²) in [5.41, 5.74) is 6.41. The molecule has 0 saturated carbocycles. The summed E-state index contributed by atoms with van der Waals surface area (Å²) in [6, 6.07) is 12.9. The molecule has 9 heteroatoms. The van der Waals surface area contributed by atoms with Crippen LogP contribution in [0.25, 0.3) is 11.3 Å². The van der Waals surface area contributed by atoms with Crippen LogP contribution in [0.2, 0.25) is 5.02 Å². The highest BCUT2D eigenvalue weighted by atomic mass is 35.5. The minimum Gasteiger partial charge on any atom is -0.273 e. The number of amides is 1. The van der Waals surface area contributed by atoms with Crippen LogP contribution >= 0.6 is 22.9 Å². The Bertz CT molecular complexity index is 927. The number of nitro benzene ring substituents is 1. The maximum absolute atomic E-state index is 12.1. The van der Waals surface area contributed by atoms with Gasteiger partial charge in [-0.3, -0.25) is 25.8 Å². The molecule has 0 fully saturated rings. The molecule has 0 saturated heterocycles. The van der Waals surface area contributed by atoms with Gasteiger partial charge in [-0.2, -0.15) is 0 Å².